The van der Waals surface area contributed by atoms with Gasteiger partial charge in [-0.25, -0.2) is 4.98 Å². The molecular formula is C11H6BrN3OS2. The highest BCUT2D eigenvalue weighted by Gasteiger charge is 2.11. The Bertz CT molecular complexity index is 625. The lowest BCUT2D eigenvalue weighted by Gasteiger charge is -1.98. The van der Waals surface area contributed by atoms with Gasteiger partial charge in [-0.05, 0) is 28.1 Å². The number of nitrogens with zero attached hydrogens (tertiary/aromatic N) is 2. The van der Waals surface area contributed by atoms with Crippen molar-refractivity contribution in [1.82, 2.24) is 4.98 Å². The minimum absolute atomic E-state index is 0.0551. The highest BCUT2D eigenvalue weighted by Crippen LogP contribution is 2.22. The molecule has 0 unspecified atom stereocenters. The first-order valence-corrected chi connectivity index (χ1v) is 7.31. The van der Waals surface area contributed by atoms with Crippen molar-refractivity contribution < 1.29 is 4.79 Å². The molecule has 18 heavy (non-hydrogen) atoms. The zero-order valence-corrected chi connectivity index (χ0v) is 12.1. The number of carbonyl (C=O) groups is 1. The van der Waals surface area contributed by atoms with Crippen molar-refractivity contribution in [2.45, 2.75) is 0 Å². The number of thiazole rings is 1. The highest BCUT2D eigenvalue weighted by molar-refractivity contribution is 9.10. The normalized spacial score (nSPS) is 11.0. The van der Waals surface area contributed by atoms with E-state index in [4.69, 9.17) is 5.26 Å². The molecule has 1 N–H and O–H groups in total. The van der Waals surface area contributed by atoms with Crippen LogP contribution in [-0.2, 0) is 4.79 Å². The van der Waals surface area contributed by atoms with E-state index in [-0.39, 0.29) is 5.57 Å². The molecule has 2 rings (SSSR count). The molecule has 2 aromatic heterocycles. The van der Waals surface area contributed by atoms with Crippen molar-refractivity contribution in [1.29, 1.82) is 5.26 Å². The molecule has 7 heteroatoms. The summed E-state index contributed by atoms with van der Waals surface area (Å²) in [4.78, 5) is 16.6. The second kappa shape index (κ2) is 5.91. The van der Waals surface area contributed by atoms with Gasteiger partial charge in [-0.2, -0.15) is 5.26 Å². The zero-order valence-electron chi connectivity index (χ0n) is 8.88. The predicted molar refractivity (Wildman–Crippen MR) is 76.4 cm³/mol. The lowest BCUT2D eigenvalue weighted by molar-refractivity contribution is -0.112. The number of thiophene rings is 1. The van der Waals surface area contributed by atoms with E-state index in [0.717, 1.165) is 9.35 Å². The van der Waals surface area contributed by atoms with E-state index in [1.54, 1.807) is 17.7 Å². The average molecular weight is 340 g/mol. The molecule has 90 valence electrons. The van der Waals surface area contributed by atoms with E-state index in [1.807, 2.05) is 17.5 Å². The first-order chi connectivity index (χ1) is 8.69. The summed E-state index contributed by atoms with van der Waals surface area (Å²) in [6, 6.07) is 3.74. The second-order valence-corrected chi connectivity index (χ2v) is 5.88. The number of hydrogen-bond donors (Lipinski definition) is 1. The number of halogens is 1. The Morgan fingerprint density at radius 2 is 2.39 bits per heavy atom. The average Bonchev–Trinajstić information content (AvgIpc) is 2.97. The summed E-state index contributed by atoms with van der Waals surface area (Å²) < 4.78 is 0.927. The standard InChI is InChI=1S/C11H6BrN3OS2/c12-8-4-9(18-6-8)3-7(5-13)10(16)15-11-14-1-2-17-11/h1-4,6H,(H,14,15,16)/b7-3+. The molecular weight excluding hydrogens is 334 g/mol. The first-order valence-electron chi connectivity index (χ1n) is 4.75. The molecule has 2 aromatic rings. The number of amides is 1. The van der Waals surface area contributed by atoms with Crippen LogP contribution in [0.1, 0.15) is 4.88 Å². The van der Waals surface area contributed by atoms with Crippen molar-refractivity contribution in [2.24, 2.45) is 0 Å². The molecule has 0 aliphatic carbocycles. The van der Waals surface area contributed by atoms with Gasteiger partial charge >= 0.3 is 0 Å². The lowest BCUT2D eigenvalue weighted by Crippen LogP contribution is -2.12. The van der Waals surface area contributed by atoms with Crippen LogP contribution in [0.3, 0.4) is 0 Å². The number of nitrogens with one attached hydrogen (secondary N) is 1. The van der Waals surface area contributed by atoms with E-state index in [1.165, 1.54) is 22.7 Å². The van der Waals surface area contributed by atoms with Crippen molar-refractivity contribution in [2.75, 3.05) is 5.32 Å². The van der Waals surface area contributed by atoms with Crippen molar-refractivity contribution in [3.63, 3.8) is 0 Å². The van der Waals surface area contributed by atoms with Crippen molar-refractivity contribution >= 4 is 55.7 Å². The van der Waals surface area contributed by atoms with Crippen LogP contribution in [0.15, 0.2) is 33.1 Å². The fraction of sp³-hybridized carbons (Fsp3) is 0. The van der Waals surface area contributed by atoms with Gasteiger partial charge in [0.05, 0.1) is 0 Å². The number of rotatable bonds is 3. The van der Waals surface area contributed by atoms with E-state index < -0.39 is 5.91 Å². The number of aromatic nitrogens is 1. The van der Waals surface area contributed by atoms with Gasteiger partial charge in [-0.3, -0.25) is 10.1 Å². The quantitative estimate of drug-likeness (QED) is 0.687. The van der Waals surface area contributed by atoms with Crippen LogP contribution in [0.5, 0.6) is 0 Å². The molecule has 0 saturated heterocycles. The van der Waals surface area contributed by atoms with Crippen LogP contribution in [0.4, 0.5) is 5.13 Å². The van der Waals surface area contributed by atoms with E-state index >= 15 is 0 Å². The molecule has 4 nitrogen and oxygen atoms in total. The van der Waals surface area contributed by atoms with Gasteiger partial charge in [0, 0.05) is 26.3 Å². The molecule has 0 fully saturated rings. The third-order valence-corrected chi connectivity index (χ3v) is 4.22. The lowest BCUT2D eigenvalue weighted by atomic mass is 10.2. The van der Waals surface area contributed by atoms with Crippen LogP contribution in [0.25, 0.3) is 6.08 Å². The van der Waals surface area contributed by atoms with E-state index in [9.17, 15) is 4.79 Å². The van der Waals surface area contributed by atoms with Crippen LogP contribution in [0.2, 0.25) is 0 Å². The Kier molecular flexibility index (Phi) is 4.25. The van der Waals surface area contributed by atoms with Crippen molar-refractivity contribution in [3.05, 3.63) is 37.9 Å². The number of carbonyl (C=O) groups excluding carboxylic acids is 1. The monoisotopic (exact) mass is 339 g/mol. The Hall–Kier alpha value is -1.49. The molecule has 0 atom stereocenters. The van der Waals surface area contributed by atoms with Gasteiger partial charge in [-0.15, -0.1) is 22.7 Å². The third kappa shape index (κ3) is 3.26. The maximum atomic E-state index is 11.8. The molecule has 0 bridgehead atoms. The topological polar surface area (TPSA) is 65.8 Å². The predicted octanol–water partition coefficient (Wildman–Crippen LogP) is 3.51. The fourth-order valence-corrected chi connectivity index (χ4v) is 3.04. The minimum atomic E-state index is -0.447. The first kappa shape index (κ1) is 13.0. The molecule has 0 saturated carbocycles. The smallest absolute Gasteiger partial charge is 0.268 e. The van der Waals surface area contributed by atoms with Gasteiger partial charge < -0.3 is 0 Å². The largest absolute Gasteiger partial charge is 0.297 e. The number of hydrogen-bond acceptors (Lipinski definition) is 5. The maximum absolute atomic E-state index is 11.8. The Balaban J connectivity index is 2.16. The van der Waals surface area contributed by atoms with Gasteiger partial charge in [0.15, 0.2) is 5.13 Å². The third-order valence-electron chi connectivity index (χ3n) is 1.89. The summed E-state index contributed by atoms with van der Waals surface area (Å²) in [5, 5.41) is 15.7. The molecule has 0 aliphatic heterocycles. The van der Waals surface area contributed by atoms with Crippen LogP contribution < -0.4 is 5.32 Å². The molecule has 0 spiro atoms. The number of anilines is 1. The van der Waals surface area contributed by atoms with Crippen LogP contribution in [-0.4, -0.2) is 10.9 Å². The van der Waals surface area contributed by atoms with Crippen molar-refractivity contribution in [3.8, 4) is 6.07 Å². The Labute approximate surface area is 120 Å². The summed E-state index contributed by atoms with van der Waals surface area (Å²) in [5.41, 5.74) is 0.0551. The van der Waals surface area contributed by atoms with Crippen LogP contribution >= 0.6 is 38.6 Å². The van der Waals surface area contributed by atoms with Gasteiger partial charge in [0.1, 0.15) is 11.6 Å². The Morgan fingerprint density at radius 3 is 2.94 bits per heavy atom. The number of nitriles is 1. The zero-order chi connectivity index (χ0) is 13.0. The fourth-order valence-electron chi connectivity index (χ4n) is 1.14. The molecule has 2 heterocycles. The summed E-state index contributed by atoms with van der Waals surface area (Å²) in [6.45, 7) is 0. The maximum Gasteiger partial charge on any atom is 0.268 e. The van der Waals surface area contributed by atoms with Gasteiger partial charge in [0.2, 0.25) is 0 Å². The molecule has 0 aromatic carbocycles. The molecule has 1 amide bonds. The van der Waals surface area contributed by atoms with E-state index in [0.29, 0.717) is 5.13 Å². The second-order valence-electron chi connectivity index (χ2n) is 3.13. The summed E-state index contributed by atoms with van der Waals surface area (Å²) in [7, 11) is 0. The Morgan fingerprint density at radius 1 is 1.56 bits per heavy atom. The van der Waals surface area contributed by atoms with E-state index in [2.05, 4.69) is 26.2 Å². The summed E-state index contributed by atoms with van der Waals surface area (Å²) >= 11 is 6.08. The van der Waals surface area contributed by atoms with Gasteiger partial charge in [0.25, 0.3) is 5.91 Å². The van der Waals surface area contributed by atoms with Crippen LogP contribution in [0, 0.1) is 11.3 Å². The molecule has 0 aliphatic rings. The summed E-state index contributed by atoms with van der Waals surface area (Å²) in [6.07, 6.45) is 3.14. The molecule has 0 radical (unpaired) electrons. The highest BCUT2D eigenvalue weighted by atomic mass is 79.9. The summed E-state index contributed by atoms with van der Waals surface area (Å²) in [5.74, 6) is -0.447. The minimum Gasteiger partial charge on any atom is -0.297 e. The SMILES string of the molecule is N#C/C(=C\c1cc(Br)cs1)C(=O)Nc1nccs1. The van der Waals surface area contributed by atoms with Gasteiger partial charge in [-0.1, -0.05) is 0 Å².